The van der Waals surface area contributed by atoms with Gasteiger partial charge in [-0.1, -0.05) is 22.0 Å². The van der Waals surface area contributed by atoms with Crippen LogP contribution >= 0.6 is 27.3 Å². The van der Waals surface area contributed by atoms with E-state index in [0.717, 1.165) is 12.8 Å². The van der Waals surface area contributed by atoms with Crippen molar-refractivity contribution in [2.75, 3.05) is 5.32 Å². The van der Waals surface area contributed by atoms with E-state index in [4.69, 9.17) is 0 Å². The predicted octanol–water partition coefficient (Wildman–Crippen LogP) is 6.09. The average Bonchev–Trinajstić information content (AvgIpc) is 3.11. The summed E-state index contributed by atoms with van der Waals surface area (Å²) in [6.45, 7) is 0. The number of nitrogens with one attached hydrogen (secondary N) is 1. The molecule has 0 amide bonds. The Hall–Kier alpha value is -1.01. The van der Waals surface area contributed by atoms with Crippen molar-refractivity contribution in [3.63, 3.8) is 0 Å². The SMILES string of the molecule is FC(F)(F)c1cc(NC(c2cccs2)C2CC2)ccc1Br. The number of benzene rings is 1. The second-order valence-corrected chi connectivity index (χ2v) is 7.00. The quantitative estimate of drug-likeness (QED) is 0.681. The number of hydrogen-bond donors (Lipinski definition) is 1. The highest BCUT2D eigenvalue weighted by Crippen LogP contribution is 2.45. The third kappa shape index (κ3) is 3.43. The monoisotopic (exact) mass is 375 g/mol. The molecule has 1 saturated carbocycles. The smallest absolute Gasteiger partial charge is 0.377 e. The molecule has 0 aliphatic heterocycles. The normalized spacial score (nSPS) is 16.8. The molecule has 21 heavy (non-hydrogen) atoms. The number of alkyl halides is 3. The van der Waals surface area contributed by atoms with Crippen LogP contribution in [0.25, 0.3) is 0 Å². The summed E-state index contributed by atoms with van der Waals surface area (Å²) >= 11 is 4.60. The van der Waals surface area contributed by atoms with E-state index in [-0.39, 0.29) is 10.5 Å². The van der Waals surface area contributed by atoms with Gasteiger partial charge in [0, 0.05) is 15.0 Å². The summed E-state index contributed by atoms with van der Waals surface area (Å²) in [6, 6.07) is 8.41. The molecule has 0 radical (unpaired) electrons. The Kier molecular flexibility index (Phi) is 4.01. The van der Waals surface area contributed by atoms with Crippen molar-refractivity contribution in [3.05, 3.63) is 50.6 Å². The summed E-state index contributed by atoms with van der Waals surface area (Å²) < 4.78 is 38.9. The number of halogens is 4. The summed E-state index contributed by atoms with van der Waals surface area (Å²) in [5, 5.41) is 5.27. The molecule has 1 aliphatic carbocycles. The minimum absolute atomic E-state index is 0.0691. The van der Waals surface area contributed by atoms with Gasteiger partial charge in [0.25, 0.3) is 0 Å². The van der Waals surface area contributed by atoms with Crippen LogP contribution in [0.15, 0.2) is 40.2 Å². The number of rotatable bonds is 4. The molecule has 0 spiro atoms. The van der Waals surface area contributed by atoms with Gasteiger partial charge in [-0.3, -0.25) is 0 Å². The topological polar surface area (TPSA) is 12.0 Å². The highest BCUT2D eigenvalue weighted by Gasteiger charge is 2.35. The largest absolute Gasteiger partial charge is 0.417 e. The lowest BCUT2D eigenvalue weighted by Crippen LogP contribution is -2.13. The number of anilines is 1. The minimum Gasteiger partial charge on any atom is -0.377 e. The maximum absolute atomic E-state index is 13.0. The van der Waals surface area contributed by atoms with Crippen molar-refractivity contribution in [1.82, 2.24) is 0 Å². The van der Waals surface area contributed by atoms with Gasteiger partial charge in [0.15, 0.2) is 0 Å². The average molecular weight is 376 g/mol. The van der Waals surface area contributed by atoms with E-state index < -0.39 is 11.7 Å². The van der Waals surface area contributed by atoms with Gasteiger partial charge in [0.05, 0.1) is 11.6 Å². The van der Waals surface area contributed by atoms with Gasteiger partial charge in [-0.25, -0.2) is 0 Å². The van der Waals surface area contributed by atoms with E-state index in [1.54, 1.807) is 17.4 Å². The molecule has 1 aliphatic rings. The van der Waals surface area contributed by atoms with Gasteiger partial charge in [-0.15, -0.1) is 11.3 Å². The van der Waals surface area contributed by atoms with Crippen molar-refractivity contribution >= 4 is 33.0 Å². The zero-order valence-electron chi connectivity index (χ0n) is 11.0. The van der Waals surface area contributed by atoms with Gasteiger partial charge >= 0.3 is 6.18 Å². The van der Waals surface area contributed by atoms with E-state index in [1.165, 1.54) is 17.0 Å². The molecule has 1 fully saturated rings. The van der Waals surface area contributed by atoms with Crippen LogP contribution in [0.2, 0.25) is 0 Å². The second-order valence-electron chi connectivity index (χ2n) is 5.17. The molecular formula is C15H13BrF3NS. The number of hydrogen-bond acceptors (Lipinski definition) is 2. The lowest BCUT2D eigenvalue weighted by atomic mass is 10.1. The molecule has 1 atom stereocenters. The molecule has 3 rings (SSSR count). The third-order valence-electron chi connectivity index (χ3n) is 3.54. The van der Waals surface area contributed by atoms with Crippen molar-refractivity contribution in [3.8, 4) is 0 Å². The van der Waals surface area contributed by atoms with Gasteiger partial charge < -0.3 is 5.32 Å². The Labute approximate surface area is 133 Å². The summed E-state index contributed by atoms with van der Waals surface area (Å²) in [4.78, 5) is 1.17. The van der Waals surface area contributed by atoms with Crippen molar-refractivity contribution < 1.29 is 13.2 Å². The van der Waals surface area contributed by atoms with Crippen molar-refractivity contribution in [1.29, 1.82) is 0 Å². The first-order valence-corrected chi connectivity index (χ1v) is 8.29. The fourth-order valence-corrected chi connectivity index (χ4v) is 3.67. The maximum Gasteiger partial charge on any atom is 0.417 e. The van der Waals surface area contributed by atoms with E-state index >= 15 is 0 Å². The zero-order chi connectivity index (χ0) is 15.0. The fraction of sp³-hybridized carbons (Fsp3) is 0.333. The van der Waals surface area contributed by atoms with Crippen LogP contribution < -0.4 is 5.32 Å². The summed E-state index contributed by atoms with van der Waals surface area (Å²) in [5.74, 6) is 0.515. The van der Waals surface area contributed by atoms with E-state index in [0.29, 0.717) is 11.6 Å². The molecule has 1 heterocycles. The van der Waals surface area contributed by atoms with Crippen LogP contribution in [0.4, 0.5) is 18.9 Å². The molecule has 0 saturated heterocycles. The Balaban J connectivity index is 1.87. The number of thiophene rings is 1. The molecule has 1 N–H and O–H groups in total. The van der Waals surface area contributed by atoms with Crippen LogP contribution in [0.1, 0.15) is 29.3 Å². The van der Waals surface area contributed by atoms with Crippen LogP contribution in [0.5, 0.6) is 0 Å². The first-order valence-electron chi connectivity index (χ1n) is 6.62. The van der Waals surface area contributed by atoms with Crippen molar-refractivity contribution in [2.45, 2.75) is 25.1 Å². The summed E-state index contributed by atoms with van der Waals surface area (Å²) in [7, 11) is 0. The van der Waals surface area contributed by atoms with Gasteiger partial charge in [-0.2, -0.15) is 13.2 Å². The van der Waals surface area contributed by atoms with Crippen LogP contribution in [-0.2, 0) is 6.18 Å². The molecule has 0 bridgehead atoms. The Morgan fingerprint density at radius 3 is 2.57 bits per heavy atom. The Bertz CT molecular complexity index is 620. The fourth-order valence-electron chi connectivity index (χ4n) is 2.33. The third-order valence-corrected chi connectivity index (χ3v) is 5.18. The van der Waals surface area contributed by atoms with Crippen molar-refractivity contribution in [2.24, 2.45) is 5.92 Å². The van der Waals surface area contributed by atoms with E-state index in [2.05, 4.69) is 21.2 Å². The molecule has 2 aromatic rings. The van der Waals surface area contributed by atoms with Gasteiger partial charge in [0.2, 0.25) is 0 Å². The van der Waals surface area contributed by atoms with Gasteiger partial charge in [-0.05, 0) is 48.4 Å². The van der Waals surface area contributed by atoms with Crippen LogP contribution in [-0.4, -0.2) is 0 Å². The summed E-state index contributed by atoms with van der Waals surface area (Å²) in [5.41, 5.74) is -0.135. The predicted molar refractivity (Wildman–Crippen MR) is 82.6 cm³/mol. The zero-order valence-corrected chi connectivity index (χ0v) is 13.4. The molecule has 1 aromatic heterocycles. The minimum atomic E-state index is -4.35. The molecule has 1 unspecified atom stereocenters. The Morgan fingerprint density at radius 2 is 2.00 bits per heavy atom. The highest BCUT2D eigenvalue weighted by molar-refractivity contribution is 9.10. The summed E-state index contributed by atoms with van der Waals surface area (Å²) in [6.07, 6.45) is -2.11. The lowest BCUT2D eigenvalue weighted by molar-refractivity contribution is -0.138. The van der Waals surface area contributed by atoms with Gasteiger partial charge in [0.1, 0.15) is 0 Å². The first-order chi connectivity index (χ1) is 9.95. The van der Waals surface area contributed by atoms with E-state index in [1.807, 2.05) is 17.5 Å². The molecule has 6 heteroatoms. The van der Waals surface area contributed by atoms with E-state index in [9.17, 15) is 13.2 Å². The first kappa shape index (κ1) is 14.9. The lowest BCUT2D eigenvalue weighted by Gasteiger charge is -2.20. The molecular weight excluding hydrogens is 363 g/mol. The standard InChI is InChI=1S/C15H13BrF3NS/c16-12-6-5-10(8-11(12)15(17,18)19)20-14(9-3-4-9)13-2-1-7-21-13/h1-2,5-9,14,20H,3-4H2. The highest BCUT2D eigenvalue weighted by atomic mass is 79.9. The second kappa shape index (κ2) is 5.65. The van der Waals surface area contributed by atoms with Crippen LogP contribution in [0.3, 0.4) is 0 Å². The maximum atomic E-state index is 13.0. The molecule has 1 aromatic carbocycles. The molecule has 1 nitrogen and oxygen atoms in total. The Morgan fingerprint density at radius 1 is 1.24 bits per heavy atom. The van der Waals surface area contributed by atoms with Crippen LogP contribution in [0, 0.1) is 5.92 Å². The molecule has 112 valence electrons.